The molecule has 1 aromatic carbocycles. The average molecular weight is 373 g/mol. The third-order valence-corrected chi connectivity index (χ3v) is 5.83. The Hall–Kier alpha value is -2.45. The molecule has 8 heteroatoms. The van der Waals surface area contributed by atoms with Gasteiger partial charge in [-0.1, -0.05) is 23.5 Å². The lowest BCUT2D eigenvalue weighted by Crippen LogP contribution is -2.48. The summed E-state index contributed by atoms with van der Waals surface area (Å²) >= 11 is 0.942. The van der Waals surface area contributed by atoms with E-state index >= 15 is 0 Å². The minimum absolute atomic E-state index is 0.00701. The maximum Gasteiger partial charge on any atom is 0.324 e. The van der Waals surface area contributed by atoms with Gasteiger partial charge in [0.25, 0.3) is 5.91 Å². The van der Waals surface area contributed by atoms with E-state index in [1.165, 1.54) is 17.2 Å². The van der Waals surface area contributed by atoms with Crippen LogP contribution in [0, 0.1) is 10.1 Å². The number of fused-ring (bicyclic) bond motifs is 1. The normalized spacial score (nSPS) is 17.0. The van der Waals surface area contributed by atoms with E-state index in [-0.39, 0.29) is 10.9 Å². The molecule has 4 rings (SSSR count). The fraction of sp³-hybridized carbons (Fsp3) is 0.389. The molecule has 1 amide bonds. The van der Waals surface area contributed by atoms with Crippen molar-refractivity contribution in [2.75, 3.05) is 32.8 Å². The number of hydrogen-bond acceptors (Lipinski definition) is 6. The molecule has 1 fully saturated rings. The molecule has 0 unspecified atom stereocenters. The summed E-state index contributed by atoms with van der Waals surface area (Å²) in [7, 11) is 0. The van der Waals surface area contributed by atoms with E-state index in [0.29, 0.717) is 18.0 Å². The molecular weight excluding hydrogens is 354 g/mol. The standard InChI is InChI=1S/C18H19N3O4S/c22-18(16-3-4-17(26-16)21(23)24)20-8-6-19(7-9-20)12-13-1-2-15-14(11-13)5-10-25-15/h1-4,11H,5-10,12H2. The van der Waals surface area contributed by atoms with Gasteiger partial charge in [0.1, 0.15) is 5.75 Å². The van der Waals surface area contributed by atoms with Crippen molar-refractivity contribution in [3.05, 3.63) is 56.5 Å². The number of carbonyl (C=O) groups excluding carboxylic acids is 1. The van der Waals surface area contributed by atoms with Gasteiger partial charge in [-0.2, -0.15) is 0 Å². The van der Waals surface area contributed by atoms with Crippen LogP contribution in [0.15, 0.2) is 30.3 Å². The highest BCUT2D eigenvalue weighted by Gasteiger charge is 2.25. The molecular formula is C18H19N3O4S. The van der Waals surface area contributed by atoms with Crippen molar-refractivity contribution in [1.82, 2.24) is 9.80 Å². The van der Waals surface area contributed by atoms with Crippen LogP contribution in [0.4, 0.5) is 5.00 Å². The van der Waals surface area contributed by atoms with Gasteiger partial charge in [0.05, 0.1) is 16.4 Å². The molecule has 1 saturated heterocycles. The quantitative estimate of drug-likeness (QED) is 0.608. The van der Waals surface area contributed by atoms with Gasteiger partial charge in [-0.3, -0.25) is 19.8 Å². The van der Waals surface area contributed by atoms with Gasteiger partial charge in [-0.05, 0) is 23.3 Å². The van der Waals surface area contributed by atoms with Crippen molar-refractivity contribution in [3.8, 4) is 5.75 Å². The Labute approximate surface area is 154 Å². The molecule has 2 aliphatic heterocycles. The number of amides is 1. The number of piperazine rings is 1. The van der Waals surface area contributed by atoms with Gasteiger partial charge in [0.2, 0.25) is 0 Å². The van der Waals surface area contributed by atoms with Crippen LogP contribution < -0.4 is 4.74 Å². The zero-order chi connectivity index (χ0) is 18.1. The first-order valence-electron chi connectivity index (χ1n) is 8.60. The first-order valence-corrected chi connectivity index (χ1v) is 9.42. The molecule has 0 N–H and O–H groups in total. The van der Waals surface area contributed by atoms with E-state index in [4.69, 9.17) is 4.74 Å². The molecule has 2 aliphatic rings. The molecule has 0 atom stereocenters. The van der Waals surface area contributed by atoms with Gasteiger partial charge < -0.3 is 9.64 Å². The fourth-order valence-electron chi connectivity index (χ4n) is 3.40. The molecule has 7 nitrogen and oxygen atoms in total. The van der Waals surface area contributed by atoms with Gasteiger partial charge >= 0.3 is 5.00 Å². The Balaban J connectivity index is 1.33. The molecule has 0 aliphatic carbocycles. The monoisotopic (exact) mass is 373 g/mol. The number of ether oxygens (including phenoxy) is 1. The second kappa shape index (κ2) is 7.05. The third kappa shape index (κ3) is 3.42. The zero-order valence-corrected chi connectivity index (χ0v) is 15.0. The summed E-state index contributed by atoms with van der Waals surface area (Å²) in [5.41, 5.74) is 2.54. The van der Waals surface area contributed by atoms with Gasteiger partial charge in [-0.15, -0.1) is 0 Å². The van der Waals surface area contributed by atoms with Gasteiger partial charge in [0, 0.05) is 45.2 Å². The molecule has 0 bridgehead atoms. The lowest BCUT2D eigenvalue weighted by Gasteiger charge is -2.34. The van der Waals surface area contributed by atoms with Crippen LogP contribution in [0.1, 0.15) is 20.8 Å². The lowest BCUT2D eigenvalue weighted by atomic mass is 10.1. The Morgan fingerprint density at radius 1 is 1.19 bits per heavy atom. The Morgan fingerprint density at radius 2 is 2.00 bits per heavy atom. The Bertz CT molecular complexity index is 843. The summed E-state index contributed by atoms with van der Waals surface area (Å²) in [6, 6.07) is 9.30. The number of benzene rings is 1. The highest BCUT2D eigenvalue weighted by molar-refractivity contribution is 7.17. The Kier molecular flexibility index (Phi) is 4.60. The fourth-order valence-corrected chi connectivity index (χ4v) is 4.19. The SMILES string of the molecule is O=C(c1ccc([N+](=O)[O-])s1)N1CCN(Cc2ccc3c(c2)CCO3)CC1. The van der Waals surface area contributed by atoms with Crippen LogP contribution in [0.5, 0.6) is 5.75 Å². The summed E-state index contributed by atoms with van der Waals surface area (Å²) in [6.07, 6.45) is 0.971. The third-order valence-electron chi connectivity index (χ3n) is 4.80. The van der Waals surface area contributed by atoms with E-state index in [9.17, 15) is 14.9 Å². The first-order chi connectivity index (χ1) is 12.6. The molecule has 0 saturated carbocycles. The predicted octanol–water partition coefficient (Wildman–Crippen LogP) is 2.55. The first kappa shape index (κ1) is 17.0. The van der Waals surface area contributed by atoms with Crippen LogP contribution in [-0.2, 0) is 13.0 Å². The van der Waals surface area contributed by atoms with Crippen molar-refractivity contribution >= 4 is 22.2 Å². The molecule has 1 aromatic heterocycles. The number of hydrogen-bond donors (Lipinski definition) is 0. The topological polar surface area (TPSA) is 75.9 Å². The highest BCUT2D eigenvalue weighted by atomic mass is 32.1. The number of rotatable bonds is 4. The van der Waals surface area contributed by atoms with E-state index in [1.807, 2.05) is 6.07 Å². The zero-order valence-electron chi connectivity index (χ0n) is 14.2. The number of thiophene rings is 1. The molecule has 0 spiro atoms. The van der Waals surface area contributed by atoms with Crippen molar-refractivity contribution in [2.45, 2.75) is 13.0 Å². The van der Waals surface area contributed by atoms with E-state index in [1.54, 1.807) is 11.0 Å². The minimum Gasteiger partial charge on any atom is -0.493 e. The number of nitrogens with zero attached hydrogens (tertiary/aromatic N) is 3. The van der Waals surface area contributed by atoms with Crippen molar-refractivity contribution in [1.29, 1.82) is 0 Å². The molecule has 3 heterocycles. The van der Waals surface area contributed by atoms with E-state index in [0.717, 1.165) is 49.7 Å². The second-order valence-electron chi connectivity index (χ2n) is 6.50. The molecule has 2 aromatic rings. The predicted molar refractivity (Wildman–Crippen MR) is 97.8 cm³/mol. The Morgan fingerprint density at radius 3 is 2.73 bits per heavy atom. The maximum absolute atomic E-state index is 12.5. The van der Waals surface area contributed by atoms with Crippen molar-refractivity contribution < 1.29 is 14.5 Å². The van der Waals surface area contributed by atoms with E-state index < -0.39 is 4.92 Å². The minimum atomic E-state index is -0.457. The van der Waals surface area contributed by atoms with Crippen LogP contribution in [0.3, 0.4) is 0 Å². The smallest absolute Gasteiger partial charge is 0.324 e. The van der Waals surface area contributed by atoms with Crippen LogP contribution in [-0.4, -0.2) is 53.4 Å². The highest BCUT2D eigenvalue weighted by Crippen LogP contribution is 2.27. The van der Waals surface area contributed by atoms with Crippen molar-refractivity contribution in [3.63, 3.8) is 0 Å². The number of carbonyl (C=O) groups is 1. The van der Waals surface area contributed by atoms with Gasteiger partial charge in [-0.25, -0.2) is 0 Å². The second-order valence-corrected chi connectivity index (χ2v) is 7.57. The lowest BCUT2D eigenvalue weighted by molar-refractivity contribution is -0.380. The molecule has 0 radical (unpaired) electrons. The van der Waals surface area contributed by atoms with Crippen molar-refractivity contribution in [2.24, 2.45) is 0 Å². The number of nitro groups is 1. The van der Waals surface area contributed by atoms with E-state index in [2.05, 4.69) is 17.0 Å². The summed E-state index contributed by atoms with van der Waals surface area (Å²) in [5.74, 6) is 0.881. The summed E-state index contributed by atoms with van der Waals surface area (Å²) in [5, 5.41) is 10.8. The summed E-state index contributed by atoms with van der Waals surface area (Å²) in [6.45, 7) is 4.50. The maximum atomic E-state index is 12.5. The van der Waals surface area contributed by atoms with Crippen LogP contribution >= 0.6 is 11.3 Å². The van der Waals surface area contributed by atoms with Crippen LogP contribution in [0.25, 0.3) is 0 Å². The summed E-state index contributed by atoms with van der Waals surface area (Å²) < 4.78 is 5.54. The summed E-state index contributed by atoms with van der Waals surface area (Å²) in [4.78, 5) is 27.4. The molecule has 136 valence electrons. The van der Waals surface area contributed by atoms with Gasteiger partial charge in [0.15, 0.2) is 0 Å². The van der Waals surface area contributed by atoms with Crippen LogP contribution in [0.2, 0.25) is 0 Å². The molecule has 26 heavy (non-hydrogen) atoms. The largest absolute Gasteiger partial charge is 0.493 e. The average Bonchev–Trinajstić information content (AvgIpc) is 3.31.